The first-order valence-corrected chi connectivity index (χ1v) is 5.75. The van der Waals surface area contributed by atoms with Crippen molar-refractivity contribution in [1.29, 1.82) is 0 Å². The molecule has 15 heavy (non-hydrogen) atoms. The van der Waals surface area contributed by atoms with Crippen LogP contribution in [0.1, 0.15) is 38.2 Å². The standard InChI is InChI=1S/C13H21NO/c1-2-3-4-5-9-15-11-12-7-6-8-13(14)10-12/h6-8,10H,2-5,9,11,14H2,1H3. The first kappa shape index (κ1) is 12.1. The molecular formula is C13H21NO. The van der Waals surface area contributed by atoms with E-state index < -0.39 is 0 Å². The summed E-state index contributed by atoms with van der Waals surface area (Å²) in [6, 6.07) is 7.87. The van der Waals surface area contributed by atoms with Crippen molar-refractivity contribution in [2.45, 2.75) is 39.2 Å². The predicted molar refractivity (Wildman–Crippen MR) is 64.7 cm³/mol. The number of nitrogen functional groups attached to an aromatic ring is 1. The Hall–Kier alpha value is -1.02. The maximum absolute atomic E-state index is 5.67. The van der Waals surface area contributed by atoms with Gasteiger partial charge in [0.2, 0.25) is 0 Å². The smallest absolute Gasteiger partial charge is 0.0717 e. The molecule has 2 N–H and O–H groups in total. The third-order valence-electron chi connectivity index (χ3n) is 2.36. The Morgan fingerprint density at radius 2 is 2.07 bits per heavy atom. The molecule has 0 amide bonds. The first-order chi connectivity index (χ1) is 7.33. The summed E-state index contributed by atoms with van der Waals surface area (Å²) in [5.41, 5.74) is 7.64. The summed E-state index contributed by atoms with van der Waals surface area (Å²) < 4.78 is 5.57. The molecule has 0 aliphatic heterocycles. The zero-order valence-corrected chi connectivity index (χ0v) is 9.54. The lowest BCUT2D eigenvalue weighted by atomic mass is 10.2. The van der Waals surface area contributed by atoms with E-state index in [1.54, 1.807) is 0 Å². The lowest BCUT2D eigenvalue weighted by Gasteiger charge is -2.04. The fourth-order valence-corrected chi connectivity index (χ4v) is 1.50. The molecule has 0 aliphatic rings. The van der Waals surface area contributed by atoms with Gasteiger partial charge in [0.1, 0.15) is 0 Å². The highest BCUT2D eigenvalue weighted by Gasteiger charge is 1.94. The number of rotatable bonds is 7. The van der Waals surface area contributed by atoms with Gasteiger partial charge in [-0.2, -0.15) is 0 Å². The minimum Gasteiger partial charge on any atom is -0.399 e. The van der Waals surface area contributed by atoms with Gasteiger partial charge < -0.3 is 10.5 Å². The van der Waals surface area contributed by atoms with E-state index in [0.717, 1.165) is 24.3 Å². The highest BCUT2D eigenvalue weighted by Crippen LogP contribution is 2.08. The molecule has 1 aromatic carbocycles. The molecule has 0 aliphatic carbocycles. The highest BCUT2D eigenvalue weighted by molar-refractivity contribution is 5.40. The van der Waals surface area contributed by atoms with Crippen LogP contribution >= 0.6 is 0 Å². The quantitative estimate of drug-likeness (QED) is 0.549. The molecule has 0 bridgehead atoms. The van der Waals surface area contributed by atoms with E-state index in [9.17, 15) is 0 Å². The fraction of sp³-hybridized carbons (Fsp3) is 0.538. The number of hydrogen-bond donors (Lipinski definition) is 1. The minimum absolute atomic E-state index is 0.678. The molecule has 0 unspecified atom stereocenters. The molecule has 84 valence electrons. The highest BCUT2D eigenvalue weighted by atomic mass is 16.5. The molecule has 0 heterocycles. The Kier molecular flexibility index (Phi) is 5.86. The molecule has 1 aromatic rings. The van der Waals surface area contributed by atoms with Crippen molar-refractivity contribution >= 4 is 5.69 Å². The van der Waals surface area contributed by atoms with Gasteiger partial charge in [-0.05, 0) is 24.1 Å². The first-order valence-electron chi connectivity index (χ1n) is 5.75. The van der Waals surface area contributed by atoms with E-state index in [4.69, 9.17) is 10.5 Å². The minimum atomic E-state index is 0.678. The van der Waals surface area contributed by atoms with Crippen LogP contribution in [0.3, 0.4) is 0 Å². The monoisotopic (exact) mass is 207 g/mol. The van der Waals surface area contributed by atoms with Gasteiger partial charge >= 0.3 is 0 Å². The van der Waals surface area contributed by atoms with Crippen molar-refractivity contribution in [3.8, 4) is 0 Å². The second kappa shape index (κ2) is 7.30. The number of nitrogens with two attached hydrogens (primary N) is 1. The summed E-state index contributed by atoms with van der Waals surface area (Å²) in [7, 11) is 0. The van der Waals surface area contributed by atoms with Crippen LogP contribution in [0.4, 0.5) is 5.69 Å². The van der Waals surface area contributed by atoms with E-state index in [2.05, 4.69) is 6.92 Å². The average molecular weight is 207 g/mol. The normalized spacial score (nSPS) is 10.5. The van der Waals surface area contributed by atoms with E-state index in [1.165, 1.54) is 19.3 Å². The van der Waals surface area contributed by atoms with Gasteiger partial charge in [0, 0.05) is 12.3 Å². The van der Waals surface area contributed by atoms with Crippen LogP contribution in [-0.4, -0.2) is 6.61 Å². The van der Waals surface area contributed by atoms with Gasteiger partial charge in [-0.1, -0.05) is 38.3 Å². The SMILES string of the molecule is CCCCCCOCc1cccc(N)c1. The summed E-state index contributed by atoms with van der Waals surface area (Å²) in [5, 5.41) is 0. The summed E-state index contributed by atoms with van der Waals surface area (Å²) >= 11 is 0. The molecular weight excluding hydrogens is 186 g/mol. The largest absolute Gasteiger partial charge is 0.399 e. The molecule has 0 saturated carbocycles. The van der Waals surface area contributed by atoms with Gasteiger partial charge in [-0.3, -0.25) is 0 Å². The third kappa shape index (κ3) is 5.43. The summed E-state index contributed by atoms with van der Waals surface area (Å²) in [5.74, 6) is 0. The van der Waals surface area contributed by atoms with E-state index in [0.29, 0.717) is 6.61 Å². The van der Waals surface area contributed by atoms with Crippen molar-refractivity contribution < 1.29 is 4.74 Å². The van der Waals surface area contributed by atoms with Gasteiger partial charge in [-0.15, -0.1) is 0 Å². The van der Waals surface area contributed by atoms with Gasteiger partial charge in [0.15, 0.2) is 0 Å². The van der Waals surface area contributed by atoms with Crippen LogP contribution in [0.5, 0.6) is 0 Å². The van der Waals surface area contributed by atoms with Crippen LogP contribution in [0.25, 0.3) is 0 Å². The van der Waals surface area contributed by atoms with Crippen molar-refractivity contribution in [3.05, 3.63) is 29.8 Å². The number of anilines is 1. The van der Waals surface area contributed by atoms with Crippen LogP contribution in [0.2, 0.25) is 0 Å². The summed E-state index contributed by atoms with van der Waals surface area (Å²) in [6.45, 7) is 3.75. The van der Waals surface area contributed by atoms with Gasteiger partial charge in [0.05, 0.1) is 6.61 Å². The zero-order valence-electron chi connectivity index (χ0n) is 9.54. The zero-order chi connectivity index (χ0) is 10.9. The fourth-order valence-electron chi connectivity index (χ4n) is 1.50. The van der Waals surface area contributed by atoms with Crippen molar-refractivity contribution in [2.75, 3.05) is 12.3 Å². The van der Waals surface area contributed by atoms with Crippen LogP contribution in [0.15, 0.2) is 24.3 Å². The molecule has 1 rings (SSSR count). The lowest BCUT2D eigenvalue weighted by Crippen LogP contribution is -1.96. The van der Waals surface area contributed by atoms with E-state index in [1.807, 2.05) is 24.3 Å². The predicted octanol–water partition coefficient (Wildman–Crippen LogP) is 3.37. The number of unbranched alkanes of at least 4 members (excludes halogenated alkanes) is 3. The van der Waals surface area contributed by atoms with Crippen LogP contribution in [0, 0.1) is 0 Å². The Morgan fingerprint density at radius 1 is 1.20 bits per heavy atom. The van der Waals surface area contributed by atoms with E-state index >= 15 is 0 Å². The molecule has 2 nitrogen and oxygen atoms in total. The average Bonchev–Trinajstić information content (AvgIpc) is 2.23. The molecule has 0 spiro atoms. The van der Waals surface area contributed by atoms with Crippen LogP contribution in [-0.2, 0) is 11.3 Å². The summed E-state index contributed by atoms with van der Waals surface area (Å²) in [4.78, 5) is 0. The molecule has 0 saturated heterocycles. The maximum Gasteiger partial charge on any atom is 0.0717 e. The number of ether oxygens (including phenoxy) is 1. The number of benzene rings is 1. The molecule has 0 atom stereocenters. The molecule has 2 heteroatoms. The third-order valence-corrected chi connectivity index (χ3v) is 2.36. The molecule has 0 radical (unpaired) electrons. The molecule has 0 fully saturated rings. The second-order valence-electron chi connectivity index (χ2n) is 3.86. The van der Waals surface area contributed by atoms with Gasteiger partial charge in [-0.25, -0.2) is 0 Å². The second-order valence-corrected chi connectivity index (χ2v) is 3.86. The van der Waals surface area contributed by atoms with Crippen molar-refractivity contribution in [1.82, 2.24) is 0 Å². The maximum atomic E-state index is 5.67. The van der Waals surface area contributed by atoms with E-state index in [-0.39, 0.29) is 0 Å². The Labute approximate surface area is 92.4 Å². The molecule has 0 aromatic heterocycles. The summed E-state index contributed by atoms with van der Waals surface area (Å²) in [6.07, 6.45) is 5.01. The van der Waals surface area contributed by atoms with Crippen LogP contribution < -0.4 is 5.73 Å². The number of hydrogen-bond acceptors (Lipinski definition) is 2. The Bertz CT molecular complexity index is 273. The van der Waals surface area contributed by atoms with Crippen molar-refractivity contribution in [3.63, 3.8) is 0 Å². The Morgan fingerprint density at radius 3 is 2.80 bits per heavy atom. The topological polar surface area (TPSA) is 35.2 Å². The van der Waals surface area contributed by atoms with Gasteiger partial charge in [0.25, 0.3) is 0 Å². The Balaban J connectivity index is 2.10. The lowest BCUT2D eigenvalue weighted by molar-refractivity contribution is 0.117. The van der Waals surface area contributed by atoms with Crippen molar-refractivity contribution in [2.24, 2.45) is 0 Å².